The molecule has 1 aromatic heterocycles. The van der Waals surface area contributed by atoms with Gasteiger partial charge in [-0.15, -0.1) is 11.3 Å². The van der Waals surface area contributed by atoms with Crippen molar-refractivity contribution in [3.05, 3.63) is 46.5 Å². The Balaban J connectivity index is 1.66. The van der Waals surface area contributed by atoms with E-state index in [2.05, 4.69) is 36.5 Å². The van der Waals surface area contributed by atoms with Crippen LogP contribution in [0.1, 0.15) is 41.3 Å². The first-order chi connectivity index (χ1) is 8.83. The lowest BCUT2D eigenvalue weighted by molar-refractivity contribution is 0.411. The predicted octanol–water partition coefficient (Wildman–Crippen LogP) is 4.33. The van der Waals surface area contributed by atoms with Crippen LogP contribution in [0.25, 0.3) is 0 Å². The molecule has 2 nitrogen and oxygen atoms in total. The Kier molecular flexibility index (Phi) is 3.33. The Morgan fingerprint density at radius 1 is 1.28 bits per heavy atom. The van der Waals surface area contributed by atoms with Crippen molar-refractivity contribution in [2.24, 2.45) is 0 Å². The number of hydrogen-bond donors (Lipinski definition) is 1. The van der Waals surface area contributed by atoms with Gasteiger partial charge in [-0.05, 0) is 25.3 Å². The van der Waals surface area contributed by atoms with Gasteiger partial charge in [-0.1, -0.05) is 36.8 Å². The molecule has 0 bridgehead atoms. The molecule has 3 rings (SSSR count). The molecule has 1 N–H and O–H groups in total. The lowest BCUT2D eigenvalue weighted by atomic mass is 9.83. The van der Waals surface area contributed by atoms with Gasteiger partial charge in [0.1, 0.15) is 0 Å². The second kappa shape index (κ2) is 5.11. The average molecular weight is 258 g/mol. The summed E-state index contributed by atoms with van der Waals surface area (Å²) in [6, 6.07) is 10.5. The molecule has 1 aliphatic rings. The molecule has 18 heavy (non-hydrogen) atoms. The molecule has 0 unspecified atom stereocenters. The fourth-order valence-electron chi connectivity index (χ4n) is 2.32. The first-order valence-corrected chi connectivity index (χ1v) is 7.39. The lowest BCUT2D eigenvalue weighted by Crippen LogP contribution is -2.10. The number of benzene rings is 1. The molecule has 1 saturated carbocycles. The maximum absolute atomic E-state index is 4.75. The summed E-state index contributed by atoms with van der Waals surface area (Å²) in [6.07, 6.45) is 4.01. The number of aromatic nitrogens is 1. The molecule has 1 heterocycles. The summed E-state index contributed by atoms with van der Waals surface area (Å²) in [7, 11) is 0. The number of nitrogens with one attached hydrogen (secondary N) is 1. The van der Waals surface area contributed by atoms with Crippen LogP contribution in [0.5, 0.6) is 0 Å². The summed E-state index contributed by atoms with van der Waals surface area (Å²) in [5, 5.41) is 4.50. The highest BCUT2D eigenvalue weighted by Gasteiger charge is 2.24. The molecular formula is C15H18N2S. The van der Waals surface area contributed by atoms with E-state index in [0.29, 0.717) is 0 Å². The van der Waals surface area contributed by atoms with Crippen molar-refractivity contribution >= 4 is 16.5 Å². The molecule has 0 spiro atoms. The minimum Gasteiger partial charge on any atom is -0.357 e. The SMILES string of the molecule is Cc1sc(NCc2ccccc2)nc1C1CCC1. The fraction of sp³-hybridized carbons (Fsp3) is 0.400. The number of nitrogens with zero attached hydrogens (tertiary/aromatic N) is 1. The van der Waals surface area contributed by atoms with Crippen LogP contribution in [0.15, 0.2) is 30.3 Å². The molecule has 2 aromatic rings. The van der Waals surface area contributed by atoms with Crippen molar-refractivity contribution in [1.82, 2.24) is 4.98 Å². The van der Waals surface area contributed by atoms with E-state index in [0.717, 1.165) is 17.6 Å². The first kappa shape index (κ1) is 11.7. The first-order valence-electron chi connectivity index (χ1n) is 6.58. The van der Waals surface area contributed by atoms with E-state index in [1.54, 1.807) is 11.3 Å². The molecule has 94 valence electrons. The third-order valence-corrected chi connectivity index (χ3v) is 4.56. The molecule has 0 amide bonds. The molecule has 1 aromatic carbocycles. The van der Waals surface area contributed by atoms with Crippen molar-refractivity contribution in [2.45, 2.75) is 38.6 Å². The highest BCUT2D eigenvalue weighted by molar-refractivity contribution is 7.15. The average Bonchev–Trinajstić information content (AvgIpc) is 2.68. The standard InChI is InChI=1S/C15H18N2S/c1-11-14(13-8-5-9-13)17-15(18-11)16-10-12-6-3-2-4-7-12/h2-4,6-7,13H,5,8-10H2,1H3,(H,16,17). The Labute approximate surface area is 112 Å². The normalized spacial score (nSPS) is 15.4. The number of thiazole rings is 1. The molecule has 0 radical (unpaired) electrons. The van der Waals surface area contributed by atoms with Crippen LogP contribution in [0.4, 0.5) is 5.13 Å². The highest BCUT2D eigenvalue weighted by atomic mass is 32.1. The Bertz CT molecular complexity index is 515. The van der Waals surface area contributed by atoms with E-state index >= 15 is 0 Å². The third kappa shape index (κ3) is 2.41. The van der Waals surface area contributed by atoms with Crippen LogP contribution in [-0.2, 0) is 6.54 Å². The van der Waals surface area contributed by atoms with Gasteiger partial charge in [0.25, 0.3) is 0 Å². The van der Waals surface area contributed by atoms with E-state index in [4.69, 9.17) is 4.98 Å². The summed E-state index contributed by atoms with van der Waals surface area (Å²) >= 11 is 1.79. The van der Waals surface area contributed by atoms with Gasteiger partial charge in [0, 0.05) is 17.3 Å². The van der Waals surface area contributed by atoms with Crippen LogP contribution in [-0.4, -0.2) is 4.98 Å². The molecule has 0 saturated heterocycles. The van der Waals surface area contributed by atoms with Gasteiger partial charge in [-0.3, -0.25) is 0 Å². The molecule has 1 aliphatic carbocycles. The minimum atomic E-state index is 0.730. The summed E-state index contributed by atoms with van der Waals surface area (Å²) in [5.41, 5.74) is 2.64. The topological polar surface area (TPSA) is 24.9 Å². The number of anilines is 1. The zero-order valence-electron chi connectivity index (χ0n) is 10.6. The minimum absolute atomic E-state index is 0.730. The zero-order chi connectivity index (χ0) is 12.4. The van der Waals surface area contributed by atoms with Crippen molar-refractivity contribution in [2.75, 3.05) is 5.32 Å². The van der Waals surface area contributed by atoms with Gasteiger partial charge < -0.3 is 5.32 Å². The molecule has 0 atom stereocenters. The summed E-state index contributed by atoms with van der Waals surface area (Å²) in [5.74, 6) is 0.730. The van der Waals surface area contributed by atoms with Crippen molar-refractivity contribution in [3.63, 3.8) is 0 Å². The van der Waals surface area contributed by atoms with Gasteiger partial charge in [0.2, 0.25) is 0 Å². The van der Waals surface area contributed by atoms with Gasteiger partial charge in [-0.2, -0.15) is 0 Å². The van der Waals surface area contributed by atoms with E-state index in [1.807, 2.05) is 6.07 Å². The van der Waals surface area contributed by atoms with E-state index in [1.165, 1.54) is 35.4 Å². The third-order valence-electron chi connectivity index (χ3n) is 3.61. The Morgan fingerprint density at radius 2 is 2.06 bits per heavy atom. The quantitative estimate of drug-likeness (QED) is 0.883. The smallest absolute Gasteiger partial charge is 0.183 e. The van der Waals surface area contributed by atoms with Crippen molar-refractivity contribution in [1.29, 1.82) is 0 Å². The van der Waals surface area contributed by atoms with Gasteiger partial charge in [0.05, 0.1) is 5.69 Å². The maximum Gasteiger partial charge on any atom is 0.183 e. The molecule has 1 fully saturated rings. The van der Waals surface area contributed by atoms with Crippen LogP contribution >= 0.6 is 11.3 Å². The van der Waals surface area contributed by atoms with Crippen molar-refractivity contribution in [3.8, 4) is 0 Å². The zero-order valence-corrected chi connectivity index (χ0v) is 11.5. The van der Waals surface area contributed by atoms with Gasteiger partial charge in [-0.25, -0.2) is 4.98 Å². The Morgan fingerprint density at radius 3 is 2.72 bits per heavy atom. The summed E-state index contributed by atoms with van der Waals surface area (Å²) in [6.45, 7) is 3.05. The molecular weight excluding hydrogens is 240 g/mol. The molecule has 0 aliphatic heterocycles. The fourth-order valence-corrected chi connectivity index (χ4v) is 3.21. The van der Waals surface area contributed by atoms with Crippen LogP contribution in [0.3, 0.4) is 0 Å². The van der Waals surface area contributed by atoms with Gasteiger partial charge in [0.15, 0.2) is 5.13 Å². The largest absolute Gasteiger partial charge is 0.357 e. The second-order valence-corrected chi connectivity index (χ2v) is 6.13. The highest BCUT2D eigenvalue weighted by Crippen LogP contribution is 2.39. The molecule has 3 heteroatoms. The van der Waals surface area contributed by atoms with Crippen LogP contribution in [0.2, 0.25) is 0 Å². The maximum atomic E-state index is 4.75. The van der Waals surface area contributed by atoms with E-state index < -0.39 is 0 Å². The summed E-state index contributed by atoms with van der Waals surface area (Å²) in [4.78, 5) is 6.14. The predicted molar refractivity (Wildman–Crippen MR) is 77.2 cm³/mol. The monoisotopic (exact) mass is 258 g/mol. The van der Waals surface area contributed by atoms with Crippen LogP contribution in [0, 0.1) is 6.92 Å². The second-order valence-electron chi connectivity index (χ2n) is 4.93. The summed E-state index contributed by atoms with van der Waals surface area (Å²) < 4.78 is 0. The van der Waals surface area contributed by atoms with E-state index in [9.17, 15) is 0 Å². The van der Waals surface area contributed by atoms with E-state index in [-0.39, 0.29) is 0 Å². The van der Waals surface area contributed by atoms with Gasteiger partial charge >= 0.3 is 0 Å². The Hall–Kier alpha value is -1.35. The van der Waals surface area contributed by atoms with Crippen LogP contribution < -0.4 is 5.32 Å². The number of aryl methyl sites for hydroxylation is 1. The lowest BCUT2D eigenvalue weighted by Gasteiger charge is -2.23. The van der Waals surface area contributed by atoms with Crippen molar-refractivity contribution < 1.29 is 0 Å². The number of hydrogen-bond acceptors (Lipinski definition) is 3. The number of rotatable bonds is 4.